The van der Waals surface area contributed by atoms with Gasteiger partial charge in [0.25, 0.3) is 0 Å². The molecule has 4 nitrogen and oxygen atoms in total. The average molecular weight is 662 g/mol. The second kappa shape index (κ2) is 10.4. The normalized spacial score (nSPS) is 11.1. The Labute approximate surface area is 226 Å². The Morgan fingerprint density at radius 2 is 0.944 bits per heavy atom. The van der Waals surface area contributed by atoms with Gasteiger partial charge in [-0.25, -0.2) is 0 Å². The molecule has 36 heavy (non-hydrogen) atoms. The van der Waals surface area contributed by atoms with Crippen molar-refractivity contribution < 1.29 is 21.1 Å². The predicted molar refractivity (Wildman–Crippen MR) is 142 cm³/mol. The Balaban J connectivity index is 0.00000267. The van der Waals surface area contributed by atoms with Gasteiger partial charge in [-0.15, -0.1) is 12.1 Å². The first kappa shape index (κ1) is 23.9. The number of hydrogen-bond acceptors (Lipinski definition) is 2. The molecule has 0 bridgehead atoms. The van der Waals surface area contributed by atoms with Crippen LogP contribution in [-0.4, -0.2) is 27.6 Å². The van der Waals surface area contributed by atoms with Crippen molar-refractivity contribution in [2.45, 2.75) is 0 Å². The van der Waals surface area contributed by atoms with E-state index in [0.29, 0.717) is 0 Å². The molecule has 0 radical (unpaired) electrons. The quantitative estimate of drug-likeness (QED) is 0.157. The van der Waals surface area contributed by atoms with Gasteiger partial charge in [0.15, 0.2) is 0 Å². The Morgan fingerprint density at radius 3 is 1.33 bits per heavy atom. The summed E-state index contributed by atoms with van der Waals surface area (Å²) in [6.45, 7) is 0. The molecule has 6 heteroatoms. The van der Waals surface area contributed by atoms with E-state index in [1.54, 1.807) is 12.4 Å². The minimum Gasteiger partial charge on any atom is -0.266 e. The van der Waals surface area contributed by atoms with Crippen molar-refractivity contribution in [3.05, 3.63) is 146 Å². The zero-order valence-electron chi connectivity index (χ0n) is 19.3. The van der Waals surface area contributed by atoms with Crippen molar-refractivity contribution in [1.82, 2.24) is 19.6 Å². The predicted octanol–water partition coefficient (Wildman–Crippen LogP) is 3.03. The molecule has 6 aromatic rings. The first-order chi connectivity index (χ1) is 17.4. The molecule has 4 aromatic carbocycles. The molecule has 0 unspecified atom stereocenters. The van der Waals surface area contributed by atoms with Crippen LogP contribution in [0.2, 0.25) is 0 Å². The molecule has 0 aliphatic heterocycles. The third-order valence-electron chi connectivity index (χ3n) is 6.28. The molecule has 6 rings (SSSR count). The zero-order valence-corrected chi connectivity index (χ0v) is 22.6. The molecule has 0 aliphatic rings. The summed E-state index contributed by atoms with van der Waals surface area (Å²) < 4.78 is 3.73. The van der Waals surface area contributed by atoms with E-state index in [4.69, 9.17) is 0 Å². The van der Waals surface area contributed by atoms with Gasteiger partial charge in [-0.2, -0.15) is 57.0 Å². The van der Waals surface area contributed by atoms with E-state index >= 15 is 0 Å². The Morgan fingerprint density at radius 1 is 0.500 bits per heavy atom. The summed E-state index contributed by atoms with van der Waals surface area (Å²) in [6.07, 6.45) is 7.49. The van der Waals surface area contributed by atoms with Gasteiger partial charge in [-0.05, 0) is 33.9 Å². The zero-order chi connectivity index (χ0) is 23.5. The number of rotatable bonds is 6. The summed E-state index contributed by atoms with van der Waals surface area (Å²) in [5.74, 6) is 0. The maximum Gasteiger partial charge on any atom is 2.00 e. The van der Waals surface area contributed by atoms with Crippen LogP contribution >= 0.6 is 0 Å². The van der Waals surface area contributed by atoms with Gasteiger partial charge in [0.05, 0.1) is 0 Å². The van der Waals surface area contributed by atoms with Crippen LogP contribution in [0.15, 0.2) is 134 Å². The number of hydrogen-bond donors (Lipinski definition) is 0. The fourth-order valence-electron chi connectivity index (χ4n) is 4.75. The molecule has 0 saturated carbocycles. The van der Waals surface area contributed by atoms with E-state index in [1.807, 2.05) is 33.9 Å². The van der Waals surface area contributed by atoms with Gasteiger partial charge in [0.2, 0.25) is 0 Å². The molecule has 0 N–H and O–H groups in total. The average Bonchev–Trinajstić information content (AvgIpc) is 3.66. The topological polar surface area (TPSA) is 35.6 Å². The first-order valence-electron chi connectivity index (χ1n) is 11.5. The van der Waals surface area contributed by atoms with Gasteiger partial charge in [0.1, 0.15) is 8.07 Å². The molecular formula is C30H22N4PtSi. The summed E-state index contributed by atoms with van der Waals surface area (Å²) in [5.41, 5.74) is 1.83. The number of benzene rings is 4. The molecule has 0 atom stereocenters. The first-order valence-corrected chi connectivity index (χ1v) is 13.5. The maximum absolute atomic E-state index is 4.46. The number of aromatic nitrogens is 4. The maximum atomic E-state index is 4.46. The van der Waals surface area contributed by atoms with Crippen LogP contribution in [0.25, 0.3) is 11.4 Å². The van der Waals surface area contributed by atoms with Gasteiger partial charge >= 0.3 is 21.1 Å². The fraction of sp³-hybridized carbons (Fsp3) is 0. The minimum absolute atomic E-state index is 0. The van der Waals surface area contributed by atoms with E-state index in [1.165, 1.54) is 10.4 Å². The van der Waals surface area contributed by atoms with E-state index in [-0.39, 0.29) is 21.1 Å². The smallest absolute Gasteiger partial charge is 0.266 e. The summed E-state index contributed by atoms with van der Waals surface area (Å²) >= 11 is 0. The Hall–Kier alpha value is -3.79. The molecule has 2 heterocycles. The minimum atomic E-state index is -2.78. The second-order valence-electron chi connectivity index (χ2n) is 8.28. The SMILES string of the molecule is [Pt+2].[c-]1c(-n2cccn2)cccc1[Si](c1[c-]c(-n2cccn2)ccc1)(c1ccccc1)c1ccccc1. The third kappa shape index (κ3) is 4.21. The standard InChI is InChI=1S/C30H22N4Si.Pt/c1-3-13-27(14-4-1)35(28-15-5-2-6-16-28,29-17-7-11-25(23-29)33-21-9-19-31-33)30-18-8-12-26(24-30)34-22-10-20-32-34;/h1-22H;/q-2;+2. The third-order valence-corrected chi connectivity index (χ3v) is 10.9. The molecule has 0 aliphatic carbocycles. The molecule has 0 fully saturated rings. The molecule has 0 spiro atoms. The molecule has 2 aromatic heterocycles. The van der Waals surface area contributed by atoms with Crippen LogP contribution in [-0.2, 0) is 21.1 Å². The molecule has 176 valence electrons. The van der Waals surface area contributed by atoms with Crippen LogP contribution in [0.3, 0.4) is 0 Å². The summed E-state index contributed by atoms with van der Waals surface area (Å²) in [6, 6.07) is 45.7. The summed E-state index contributed by atoms with van der Waals surface area (Å²) in [7, 11) is -2.78. The van der Waals surface area contributed by atoms with E-state index < -0.39 is 8.07 Å². The van der Waals surface area contributed by atoms with Crippen molar-refractivity contribution in [2.75, 3.05) is 0 Å². The molecule has 0 saturated heterocycles. The van der Waals surface area contributed by atoms with Crippen molar-refractivity contribution in [1.29, 1.82) is 0 Å². The van der Waals surface area contributed by atoms with E-state index in [2.05, 4.69) is 119 Å². The Kier molecular flexibility index (Phi) is 6.94. The molecular weight excluding hydrogens is 640 g/mol. The van der Waals surface area contributed by atoms with Crippen LogP contribution < -0.4 is 20.7 Å². The molecule has 0 amide bonds. The van der Waals surface area contributed by atoms with Crippen LogP contribution in [0.4, 0.5) is 0 Å². The largest absolute Gasteiger partial charge is 2.00 e. The summed E-state index contributed by atoms with van der Waals surface area (Å²) in [4.78, 5) is 0. The van der Waals surface area contributed by atoms with Crippen molar-refractivity contribution in [3.63, 3.8) is 0 Å². The van der Waals surface area contributed by atoms with Crippen LogP contribution in [0.5, 0.6) is 0 Å². The number of nitrogens with zero attached hydrogens (tertiary/aromatic N) is 4. The van der Waals surface area contributed by atoms with Gasteiger partial charge in [-0.3, -0.25) is 9.36 Å². The van der Waals surface area contributed by atoms with Crippen LogP contribution in [0, 0.1) is 12.1 Å². The Bertz CT molecular complexity index is 1410. The van der Waals surface area contributed by atoms with Gasteiger partial charge in [-0.1, -0.05) is 60.7 Å². The monoisotopic (exact) mass is 661 g/mol. The van der Waals surface area contributed by atoms with Gasteiger partial charge in [0, 0.05) is 24.8 Å². The fourth-order valence-corrected chi connectivity index (χ4v) is 9.33. The van der Waals surface area contributed by atoms with Crippen molar-refractivity contribution in [3.8, 4) is 11.4 Å². The van der Waals surface area contributed by atoms with Crippen molar-refractivity contribution in [2.24, 2.45) is 0 Å². The van der Waals surface area contributed by atoms with Crippen LogP contribution in [0.1, 0.15) is 0 Å². The summed E-state index contributed by atoms with van der Waals surface area (Å²) in [5, 5.41) is 13.8. The second-order valence-corrected chi connectivity index (χ2v) is 12.0. The van der Waals surface area contributed by atoms with Crippen molar-refractivity contribution >= 4 is 28.8 Å². The van der Waals surface area contributed by atoms with E-state index in [0.717, 1.165) is 21.7 Å². The van der Waals surface area contributed by atoms with E-state index in [9.17, 15) is 0 Å². The van der Waals surface area contributed by atoms with Gasteiger partial charge < -0.3 is 0 Å².